The Balaban J connectivity index is 1.22. The molecule has 2 aliphatic carbocycles. The fourth-order valence-electron chi connectivity index (χ4n) is 6.72. The topological polar surface area (TPSA) is 117 Å². The number of nitrogens with one attached hydrogen (secondary N) is 2. The van der Waals surface area contributed by atoms with Crippen molar-refractivity contribution in [3.05, 3.63) is 86.9 Å². The van der Waals surface area contributed by atoms with E-state index in [-0.39, 0.29) is 33.9 Å². The molecule has 0 bridgehead atoms. The van der Waals surface area contributed by atoms with Crippen LogP contribution in [0.5, 0.6) is 0 Å². The number of H-pyrrole nitrogens is 2. The fraction of sp³-hybridized carbons (Fsp3) is 0.379. The van der Waals surface area contributed by atoms with Gasteiger partial charge in [-0.25, -0.2) is 4.39 Å². The molecule has 0 unspecified atom stereocenters. The average Bonchev–Trinajstić information content (AvgIpc) is 3.45. The number of halogens is 1. The first-order chi connectivity index (χ1) is 18.3. The van der Waals surface area contributed by atoms with Crippen molar-refractivity contribution in [2.24, 2.45) is 16.6 Å². The summed E-state index contributed by atoms with van der Waals surface area (Å²) in [6.07, 6.45) is 4.99. The molecule has 8 nitrogen and oxygen atoms in total. The zero-order valence-corrected chi connectivity index (χ0v) is 21.5. The summed E-state index contributed by atoms with van der Waals surface area (Å²) in [5.41, 5.74) is 10.7. The molecule has 0 saturated carbocycles. The van der Waals surface area contributed by atoms with Crippen LogP contribution in [0, 0.1) is 10.8 Å². The van der Waals surface area contributed by atoms with Crippen LogP contribution >= 0.6 is 0 Å². The zero-order chi connectivity index (χ0) is 26.2. The Kier molecular flexibility index (Phi) is 4.95. The van der Waals surface area contributed by atoms with E-state index in [1.807, 2.05) is 19.9 Å². The van der Waals surface area contributed by atoms with Crippen molar-refractivity contribution < 1.29 is 4.39 Å². The summed E-state index contributed by atoms with van der Waals surface area (Å²) in [6, 6.07) is 12.1. The van der Waals surface area contributed by atoms with Crippen molar-refractivity contribution in [3.63, 3.8) is 0 Å². The number of hydrogen-bond donors (Lipinski definition) is 3. The Morgan fingerprint density at radius 2 is 1.89 bits per heavy atom. The van der Waals surface area contributed by atoms with E-state index in [4.69, 9.17) is 10.7 Å². The maximum Gasteiger partial charge on any atom is 0.264 e. The molecule has 1 saturated heterocycles. The fourth-order valence-corrected chi connectivity index (χ4v) is 6.72. The van der Waals surface area contributed by atoms with E-state index in [9.17, 15) is 4.79 Å². The van der Waals surface area contributed by atoms with Gasteiger partial charge in [0.1, 0.15) is 11.2 Å². The number of pyridine rings is 1. The molecule has 1 atom stereocenters. The maximum atomic E-state index is 15.8. The number of piperidine rings is 1. The number of anilines is 1. The minimum atomic E-state index is -0.751. The normalized spacial score (nSPS) is 21.7. The molecule has 7 rings (SSSR count). The van der Waals surface area contributed by atoms with Crippen LogP contribution in [0.3, 0.4) is 0 Å². The predicted octanol–water partition coefficient (Wildman–Crippen LogP) is 4.20. The van der Waals surface area contributed by atoms with E-state index in [2.05, 4.69) is 49.3 Å². The highest BCUT2D eigenvalue weighted by molar-refractivity contribution is 5.95. The molecule has 38 heavy (non-hydrogen) atoms. The van der Waals surface area contributed by atoms with Crippen LogP contribution in [0.1, 0.15) is 60.8 Å². The van der Waals surface area contributed by atoms with E-state index >= 15 is 4.39 Å². The molecule has 1 aliphatic heterocycles. The molecule has 3 aliphatic rings. The lowest BCUT2D eigenvalue weighted by Gasteiger charge is -2.42. The van der Waals surface area contributed by atoms with Crippen molar-refractivity contribution >= 4 is 22.6 Å². The third-order valence-corrected chi connectivity index (χ3v) is 8.90. The number of benzene rings is 1. The molecule has 194 valence electrons. The SMILES string of the molecule is CC1(C)Cc2ncccc2C(c2[nH]nc3nc(N4CCC5(CC4)Cc4ccccc4[C@H]5N)[nH]c(=O)c23)=C1F. The lowest BCUT2D eigenvalue weighted by molar-refractivity contribution is 0.187. The molecule has 1 fully saturated rings. The van der Waals surface area contributed by atoms with Gasteiger partial charge in [-0.3, -0.25) is 19.9 Å². The van der Waals surface area contributed by atoms with Gasteiger partial charge in [-0.2, -0.15) is 10.1 Å². The summed E-state index contributed by atoms with van der Waals surface area (Å²) >= 11 is 0. The van der Waals surface area contributed by atoms with Crippen LogP contribution in [0.2, 0.25) is 0 Å². The Morgan fingerprint density at radius 3 is 2.68 bits per heavy atom. The second-order valence-electron chi connectivity index (χ2n) is 11.6. The predicted molar refractivity (Wildman–Crippen MR) is 144 cm³/mol. The first kappa shape index (κ1) is 23.3. The van der Waals surface area contributed by atoms with Crippen LogP contribution in [0.4, 0.5) is 10.3 Å². The lowest BCUT2D eigenvalue weighted by atomic mass is 9.73. The number of allylic oxidation sites excluding steroid dienone is 1. The van der Waals surface area contributed by atoms with Gasteiger partial charge in [0.2, 0.25) is 5.95 Å². The summed E-state index contributed by atoms with van der Waals surface area (Å²) in [5, 5.41) is 7.53. The molecular formula is C29H30FN7O. The summed E-state index contributed by atoms with van der Waals surface area (Å²) in [7, 11) is 0. The highest BCUT2D eigenvalue weighted by Crippen LogP contribution is 2.51. The quantitative estimate of drug-likeness (QED) is 0.372. The van der Waals surface area contributed by atoms with Crippen molar-refractivity contribution in [2.45, 2.75) is 45.6 Å². The molecule has 0 radical (unpaired) electrons. The monoisotopic (exact) mass is 511 g/mol. The van der Waals surface area contributed by atoms with Crippen LogP contribution in [0.15, 0.2) is 53.2 Å². The van der Waals surface area contributed by atoms with Crippen LogP contribution < -0.4 is 16.2 Å². The number of hydrogen-bond acceptors (Lipinski definition) is 6. The van der Waals surface area contributed by atoms with Crippen molar-refractivity contribution in [3.8, 4) is 0 Å². The zero-order valence-electron chi connectivity index (χ0n) is 21.5. The Bertz CT molecular complexity index is 1680. The summed E-state index contributed by atoms with van der Waals surface area (Å²) in [4.78, 5) is 27.7. The van der Waals surface area contributed by atoms with Crippen molar-refractivity contribution in [1.82, 2.24) is 25.1 Å². The highest BCUT2D eigenvalue weighted by atomic mass is 19.1. The van der Waals surface area contributed by atoms with Gasteiger partial charge in [-0.15, -0.1) is 0 Å². The Labute approximate surface area is 219 Å². The molecule has 9 heteroatoms. The average molecular weight is 512 g/mol. The molecule has 1 spiro atoms. The van der Waals surface area contributed by atoms with E-state index in [0.717, 1.165) is 38.0 Å². The van der Waals surface area contributed by atoms with E-state index in [1.54, 1.807) is 12.3 Å². The number of nitrogens with zero attached hydrogens (tertiary/aromatic N) is 4. The van der Waals surface area contributed by atoms with Gasteiger partial charge in [0.05, 0.1) is 5.69 Å². The van der Waals surface area contributed by atoms with Gasteiger partial charge in [-0.05, 0) is 41.9 Å². The first-order valence-corrected chi connectivity index (χ1v) is 13.2. The summed E-state index contributed by atoms with van der Waals surface area (Å²) in [6.45, 7) is 5.16. The van der Waals surface area contributed by atoms with Crippen LogP contribution in [-0.2, 0) is 12.8 Å². The molecule has 4 heterocycles. The molecule has 1 aromatic carbocycles. The number of rotatable bonds is 2. The van der Waals surface area contributed by atoms with E-state index < -0.39 is 5.41 Å². The van der Waals surface area contributed by atoms with Gasteiger partial charge < -0.3 is 10.6 Å². The van der Waals surface area contributed by atoms with Crippen molar-refractivity contribution in [1.29, 1.82) is 0 Å². The smallest absolute Gasteiger partial charge is 0.264 e. The third kappa shape index (κ3) is 3.31. The number of aromatic amines is 2. The number of nitrogens with two attached hydrogens (primary N) is 1. The van der Waals surface area contributed by atoms with E-state index in [0.29, 0.717) is 29.2 Å². The van der Waals surface area contributed by atoms with Gasteiger partial charge in [-0.1, -0.05) is 44.2 Å². The highest BCUT2D eigenvalue weighted by Gasteiger charge is 2.46. The summed E-state index contributed by atoms with van der Waals surface area (Å²) < 4.78 is 15.8. The Hall–Kier alpha value is -3.85. The summed E-state index contributed by atoms with van der Waals surface area (Å²) in [5.74, 6) is 0.197. The minimum absolute atomic E-state index is 0.0181. The van der Waals surface area contributed by atoms with Gasteiger partial charge in [0.15, 0.2) is 5.65 Å². The maximum absolute atomic E-state index is 15.8. The van der Waals surface area contributed by atoms with Gasteiger partial charge >= 0.3 is 0 Å². The second kappa shape index (κ2) is 8.07. The van der Waals surface area contributed by atoms with Crippen LogP contribution in [-0.4, -0.2) is 38.2 Å². The Morgan fingerprint density at radius 1 is 1.11 bits per heavy atom. The standard InChI is InChI=1S/C29H30FN7O/c1-28(2)15-19-18(8-5-11-32-19)20(23(28)30)22-21-25(36-35-22)33-27(34-26(21)38)37-12-9-29(10-13-37)14-16-6-3-4-7-17(16)24(29)31/h3-8,11,24H,9-10,12-15,31H2,1-2H3,(H2,33,34,35,36,38)/t24-/m1/s1. The third-order valence-electron chi connectivity index (χ3n) is 8.90. The van der Waals surface area contributed by atoms with Gasteiger partial charge in [0, 0.05) is 54.0 Å². The van der Waals surface area contributed by atoms with E-state index in [1.165, 1.54) is 11.1 Å². The number of fused-ring (bicyclic) bond motifs is 3. The molecular weight excluding hydrogens is 481 g/mol. The first-order valence-electron chi connectivity index (χ1n) is 13.2. The van der Waals surface area contributed by atoms with Crippen LogP contribution in [0.25, 0.3) is 16.6 Å². The molecule has 0 amide bonds. The minimum Gasteiger partial charge on any atom is -0.342 e. The lowest BCUT2D eigenvalue weighted by Crippen LogP contribution is -2.45. The molecule has 4 aromatic rings. The molecule has 3 aromatic heterocycles. The second-order valence-corrected chi connectivity index (χ2v) is 11.6. The molecule has 4 N–H and O–H groups in total. The number of aromatic nitrogens is 5. The van der Waals surface area contributed by atoms with Gasteiger partial charge in [0.25, 0.3) is 5.56 Å². The largest absolute Gasteiger partial charge is 0.342 e. The van der Waals surface area contributed by atoms with Crippen molar-refractivity contribution in [2.75, 3.05) is 18.0 Å².